The number of anilines is 1. The van der Waals surface area contributed by atoms with Crippen molar-refractivity contribution in [2.45, 2.75) is 18.6 Å². The fraction of sp³-hybridized carbons (Fsp3) is 0.417. The van der Waals surface area contributed by atoms with E-state index in [9.17, 15) is 15.0 Å². The summed E-state index contributed by atoms with van der Waals surface area (Å²) in [5.41, 5.74) is 6.36. The molecule has 18 heavy (non-hydrogen) atoms. The molecule has 0 aliphatic carbocycles. The third kappa shape index (κ3) is 3.35. The number of ether oxygens (including phenoxy) is 1. The molecule has 0 aromatic heterocycles. The topological polar surface area (TPSA) is 92.8 Å². The summed E-state index contributed by atoms with van der Waals surface area (Å²) in [6.07, 6.45) is -2.04. The Morgan fingerprint density at radius 2 is 2.17 bits per heavy atom. The van der Waals surface area contributed by atoms with Gasteiger partial charge in [-0.1, -0.05) is 6.07 Å². The van der Waals surface area contributed by atoms with Crippen LogP contribution in [-0.2, 0) is 4.74 Å². The lowest BCUT2D eigenvalue weighted by atomic mass is 9.97. The maximum Gasteiger partial charge on any atom is 0.338 e. The third-order valence-electron chi connectivity index (χ3n) is 2.57. The van der Waals surface area contributed by atoms with Crippen molar-refractivity contribution in [2.75, 3.05) is 18.7 Å². The van der Waals surface area contributed by atoms with E-state index in [-0.39, 0.29) is 23.4 Å². The lowest BCUT2D eigenvalue weighted by Crippen LogP contribution is -2.21. The fourth-order valence-corrected chi connectivity index (χ4v) is 1.82. The number of carbonyl (C=O) groups is 1. The van der Waals surface area contributed by atoms with Crippen LogP contribution in [0.25, 0.3) is 0 Å². The van der Waals surface area contributed by atoms with E-state index in [0.717, 1.165) is 0 Å². The number of halogens is 1. The minimum atomic E-state index is -1.21. The lowest BCUT2D eigenvalue weighted by Gasteiger charge is -2.19. The average Bonchev–Trinajstić information content (AvgIpc) is 2.37. The van der Waals surface area contributed by atoms with E-state index < -0.39 is 18.2 Å². The van der Waals surface area contributed by atoms with Gasteiger partial charge in [0.15, 0.2) is 0 Å². The molecule has 0 radical (unpaired) electrons. The second kappa shape index (κ2) is 6.58. The van der Waals surface area contributed by atoms with Gasteiger partial charge in [0.2, 0.25) is 0 Å². The Morgan fingerprint density at radius 1 is 1.50 bits per heavy atom. The van der Waals surface area contributed by atoms with Gasteiger partial charge in [0.05, 0.1) is 18.8 Å². The highest BCUT2D eigenvalue weighted by atomic mass is 35.5. The van der Waals surface area contributed by atoms with Crippen LogP contribution in [0.3, 0.4) is 0 Å². The standard InChI is InChI=1S/C12H16ClNO4/c1-18-12(17)9-6-7(14)2-3-8(9)11(16)10(15)4-5-13/h2-3,6,10-11,15-16H,4-5,14H2,1H3. The number of aliphatic hydroxyl groups excluding tert-OH is 2. The SMILES string of the molecule is COC(=O)c1cc(N)ccc1C(O)C(O)CCCl. The normalized spacial score (nSPS) is 14.0. The molecule has 0 bridgehead atoms. The number of hydrogen-bond acceptors (Lipinski definition) is 5. The first-order chi connectivity index (χ1) is 8.51. The predicted molar refractivity (Wildman–Crippen MR) is 68.5 cm³/mol. The van der Waals surface area contributed by atoms with Crippen molar-refractivity contribution in [3.05, 3.63) is 29.3 Å². The summed E-state index contributed by atoms with van der Waals surface area (Å²) in [6, 6.07) is 4.43. The number of hydrogen-bond donors (Lipinski definition) is 3. The van der Waals surface area contributed by atoms with Crippen LogP contribution in [0.2, 0.25) is 0 Å². The number of benzene rings is 1. The molecule has 0 fully saturated rings. The van der Waals surface area contributed by atoms with Gasteiger partial charge in [-0.2, -0.15) is 0 Å². The second-order valence-corrected chi connectivity index (χ2v) is 4.21. The van der Waals surface area contributed by atoms with Crippen molar-refractivity contribution in [3.8, 4) is 0 Å². The zero-order valence-corrected chi connectivity index (χ0v) is 10.7. The number of rotatable bonds is 5. The van der Waals surface area contributed by atoms with Gasteiger partial charge in [0.25, 0.3) is 0 Å². The molecule has 2 atom stereocenters. The molecule has 6 heteroatoms. The quantitative estimate of drug-likeness (QED) is 0.424. The van der Waals surface area contributed by atoms with Crippen LogP contribution in [0, 0.1) is 0 Å². The molecular formula is C12H16ClNO4. The molecule has 1 aromatic rings. The monoisotopic (exact) mass is 273 g/mol. The molecule has 4 N–H and O–H groups in total. The molecule has 0 aliphatic heterocycles. The van der Waals surface area contributed by atoms with Crippen LogP contribution in [0.4, 0.5) is 5.69 Å². The molecule has 2 unspecified atom stereocenters. The summed E-state index contributed by atoms with van der Waals surface area (Å²) in [4.78, 5) is 11.6. The Hall–Kier alpha value is -1.30. The number of esters is 1. The van der Waals surface area contributed by atoms with Gasteiger partial charge in [0.1, 0.15) is 6.10 Å². The minimum absolute atomic E-state index is 0.138. The van der Waals surface area contributed by atoms with Gasteiger partial charge in [-0.05, 0) is 24.1 Å². The molecule has 0 aliphatic rings. The summed E-state index contributed by atoms with van der Waals surface area (Å²) < 4.78 is 4.61. The maximum absolute atomic E-state index is 11.6. The number of alkyl halides is 1. The van der Waals surface area contributed by atoms with E-state index in [0.29, 0.717) is 5.69 Å². The van der Waals surface area contributed by atoms with Crippen molar-refractivity contribution in [1.82, 2.24) is 0 Å². The first-order valence-corrected chi connectivity index (χ1v) is 5.94. The summed E-state index contributed by atoms with van der Waals surface area (Å²) in [7, 11) is 1.23. The molecule has 0 saturated carbocycles. The van der Waals surface area contributed by atoms with E-state index >= 15 is 0 Å². The average molecular weight is 274 g/mol. The molecule has 100 valence electrons. The number of methoxy groups -OCH3 is 1. The fourth-order valence-electron chi connectivity index (χ4n) is 1.60. The van der Waals surface area contributed by atoms with E-state index in [1.165, 1.54) is 19.2 Å². The van der Waals surface area contributed by atoms with Crippen molar-refractivity contribution in [2.24, 2.45) is 0 Å². The smallest absolute Gasteiger partial charge is 0.338 e. The van der Waals surface area contributed by atoms with E-state index in [1.807, 2.05) is 0 Å². The molecule has 0 amide bonds. The van der Waals surface area contributed by atoms with Gasteiger partial charge < -0.3 is 20.7 Å². The van der Waals surface area contributed by atoms with Crippen molar-refractivity contribution in [3.63, 3.8) is 0 Å². The van der Waals surface area contributed by atoms with Crippen molar-refractivity contribution in [1.29, 1.82) is 0 Å². The first kappa shape index (κ1) is 14.8. The Bertz CT molecular complexity index is 425. The molecule has 1 aromatic carbocycles. The van der Waals surface area contributed by atoms with E-state index in [4.69, 9.17) is 17.3 Å². The Balaban J connectivity index is 3.11. The van der Waals surface area contributed by atoms with Crippen LogP contribution >= 0.6 is 11.6 Å². The highest BCUT2D eigenvalue weighted by molar-refractivity contribution is 6.17. The zero-order chi connectivity index (χ0) is 13.7. The van der Waals surface area contributed by atoms with Crippen molar-refractivity contribution < 1.29 is 19.7 Å². The molecule has 5 nitrogen and oxygen atoms in total. The molecule has 0 spiro atoms. The number of nitrogen functional groups attached to an aromatic ring is 1. The van der Waals surface area contributed by atoms with Crippen LogP contribution < -0.4 is 5.73 Å². The molecular weight excluding hydrogens is 258 g/mol. The first-order valence-electron chi connectivity index (χ1n) is 5.41. The zero-order valence-electron chi connectivity index (χ0n) is 9.97. The lowest BCUT2D eigenvalue weighted by molar-refractivity contribution is 0.0157. The van der Waals surface area contributed by atoms with Crippen LogP contribution in [-0.4, -0.2) is 35.3 Å². The number of nitrogens with two attached hydrogens (primary N) is 1. The van der Waals surface area contributed by atoms with Crippen LogP contribution in [0.5, 0.6) is 0 Å². The van der Waals surface area contributed by atoms with E-state index in [2.05, 4.69) is 4.74 Å². The van der Waals surface area contributed by atoms with E-state index in [1.54, 1.807) is 6.07 Å². The van der Waals surface area contributed by atoms with Gasteiger partial charge in [0, 0.05) is 11.6 Å². The van der Waals surface area contributed by atoms with Gasteiger partial charge >= 0.3 is 5.97 Å². The van der Waals surface area contributed by atoms with Crippen LogP contribution in [0.15, 0.2) is 18.2 Å². The summed E-state index contributed by atoms with van der Waals surface area (Å²) >= 11 is 5.50. The highest BCUT2D eigenvalue weighted by Crippen LogP contribution is 2.25. The third-order valence-corrected chi connectivity index (χ3v) is 2.79. The molecule has 0 heterocycles. The molecule has 1 rings (SSSR count). The van der Waals surface area contributed by atoms with Crippen molar-refractivity contribution >= 4 is 23.3 Å². The number of carbonyl (C=O) groups excluding carboxylic acids is 1. The molecule has 0 saturated heterocycles. The largest absolute Gasteiger partial charge is 0.465 e. The van der Waals surface area contributed by atoms with Gasteiger partial charge in [-0.15, -0.1) is 11.6 Å². The predicted octanol–water partition coefficient (Wildman–Crippen LogP) is 1.08. The number of aliphatic hydroxyl groups is 2. The highest BCUT2D eigenvalue weighted by Gasteiger charge is 2.23. The minimum Gasteiger partial charge on any atom is -0.465 e. The Labute approximate surface area is 110 Å². The van der Waals surface area contributed by atoms with Gasteiger partial charge in [-0.25, -0.2) is 4.79 Å². The summed E-state index contributed by atoms with van der Waals surface area (Å²) in [5.74, 6) is -0.407. The Kier molecular flexibility index (Phi) is 5.40. The summed E-state index contributed by atoms with van der Waals surface area (Å²) in [6.45, 7) is 0. The van der Waals surface area contributed by atoms with Crippen LogP contribution in [0.1, 0.15) is 28.4 Å². The van der Waals surface area contributed by atoms with Gasteiger partial charge in [-0.3, -0.25) is 0 Å². The maximum atomic E-state index is 11.6. The second-order valence-electron chi connectivity index (χ2n) is 3.83. The summed E-state index contributed by atoms with van der Waals surface area (Å²) in [5, 5.41) is 19.7. The Morgan fingerprint density at radius 3 is 2.72 bits per heavy atom.